The maximum Gasteiger partial charge on any atom is 0.416 e. The molecule has 2 saturated heterocycles. The lowest BCUT2D eigenvalue weighted by atomic mass is 9.81. The second kappa shape index (κ2) is 12.7. The van der Waals surface area contributed by atoms with Gasteiger partial charge in [-0.05, 0) is 73.9 Å². The lowest BCUT2D eigenvalue weighted by Crippen LogP contribution is -2.63. The second-order valence-electron chi connectivity index (χ2n) is 12.5. The molecule has 0 spiro atoms. The highest BCUT2D eigenvalue weighted by molar-refractivity contribution is 6.03. The zero-order chi connectivity index (χ0) is 34.5. The zero-order valence-corrected chi connectivity index (χ0v) is 26.2. The molecular weight excluding hydrogens is 633 g/mol. The maximum atomic E-state index is 14.2. The monoisotopic (exact) mass is 668 g/mol. The minimum Gasteiger partial charge on any atom is -0.394 e. The summed E-state index contributed by atoms with van der Waals surface area (Å²) in [4.78, 5) is 24.0. The summed E-state index contributed by atoms with van der Waals surface area (Å²) in [5, 5.41) is 10.3. The predicted octanol–water partition coefficient (Wildman–Crippen LogP) is 6.06. The van der Waals surface area contributed by atoms with Crippen molar-refractivity contribution in [2.45, 2.75) is 50.6 Å². The van der Waals surface area contributed by atoms with Crippen molar-refractivity contribution in [2.75, 3.05) is 56.3 Å². The number of pyridine rings is 1. The number of carbonyl (C=O) groups is 1. The van der Waals surface area contributed by atoms with Gasteiger partial charge in [0.15, 0.2) is 0 Å². The van der Waals surface area contributed by atoms with E-state index in [1.165, 1.54) is 45.3 Å². The Balaban J connectivity index is 1.59. The molecule has 254 valence electrons. The lowest BCUT2D eigenvalue weighted by Gasteiger charge is -2.48. The average Bonchev–Trinajstić information content (AvgIpc) is 3.02. The molecule has 1 aromatic heterocycles. The van der Waals surface area contributed by atoms with Crippen LogP contribution in [-0.2, 0) is 27.3 Å². The molecule has 3 aromatic rings. The van der Waals surface area contributed by atoms with Gasteiger partial charge < -0.3 is 19.6 Å². The molecule has 0 bridgehead atoms. The normalized spacial score (nSPS) is 19.4. The van der Waals surface area contributed by atoms with E-state index < -0.39 is 46.2 Å². The van der Waals surface area contributed by atoms with Gasteiger partial charge in [-0.15, -0.1) is 0 Å². The SMILES string of the molecule is Cc1cc(F)ccc1-c1cc(N2C[C@@H]3COCCN3C[C@@H]2CO)ncc1N(C)C(=O)C(C)(C)c1cc(C(F)(F)F)cc(C(F)(F)F)c1. The molecule has 1 amide bonds. The summed E-state index contributed by atoms with van der Waals surface area (Å²) in [7, 11) is 1.36. The van der Waals surface area contributed by atoms with Crippen LogP contribution >= 0.6 is 0 Å². The fourth-order valence-electron chi connectivity index (χ4n) is 6.25. The topological polar surface area (TPSA) is 69.1 Å². The number of likely N-dealkylation sites (N-methyl/N-ethyl adjacent to an activating group) is 1. The highest BCUT2D eigenvalue weighted by Crippen LogP contribution is 2.41. The maximum absolute atomic E-state index is 14.2. The van der Waals surface area contributed by atoms with Crippen LogP contribution in [0.25, 0.3) is 11.1 Å². The van der Waals surface area contributed by atoms with E-state index in [1.54, 1.807) is 13.0 Å². The third-order valence-corrected chi connectivity index (χ3v) is 9.01. The molecule has 2 aliphatic rings. The smallest absolute Gasteiger partial charge is 0.394 e. The van der Waals surface area contributed by atoms with Crippen molar-refractivity contribution in [3.63, 3.8) is 0 Å². The van der Waals surface area contributed by atoms with Crippen LogP contribution in [0.3, 0.4) is 0 Å². The predicted molar refractivity (Wildman–Crippen MR) is 162 cm³/mol. The van der Waals surface area contributed by atoms with Gasteiger partial charge in [-0.1, -0.05) is 6.07 Å². The highest BCUT2D eigenvalue weighted by atomic mass is 19.4. The van der Waals surface area contributed by atoms with Gasteiger partial charge in [-0.25, -0.2) is 9.37 Å². The number of rotatable bonds is 6. The van der Waals surface area contributed by atoms with E-state index in [9.17, 15) is 40.6 Å². The summed E-state index contributed by atoms with van der Waals surface area (Å²) in [5.41, 5.74) is -3.71. The van der Waals surface area contributed by atoms with Gasteiger partial charge in [-0.3, -0.25) is 9.69 Å². The van der Waals surface area contributed by atoms with Crippen molar-refractivity contribution in [1.29, 1.82) is 0 Å². The van der Waals surface area contributed by atoms with Crippen LogP contribution < -0.4 is 9.80 Å². The number of carbonyl (C=O) groups excluding carboxylic acids is 1. The number of aromatic nitrogens is 1. The van der Waals surface area contributed by atoms with Crippen molar-refractivity contribution in [3.8, 4) is 11.1 Å². The van der Waals surface area contributed by atoms with E-state index in [4.69, 9.17) is 4.74 Å². The van der Waals surface area contributed by atoms with Crippen LogP contribution in [0.1, 0.15) is 36.1 Å². The molecule has 2 atom stereocenters. The molecule has 3 heterocycles. The highest BCUT2D eigenvalue weighted by Gasteiger charge is 2.42. The van der Waals surface area contributed by atoms with Crippen LogP contribution in [0.5, 0.6) is 0 Å². The number of benzene rings is 2. The molecule has 0 saturated carbocycles. The van der Waals surface area contributed by atoms with Gasteiger partial charge in [0.1, 0.15) is 11.6 Å². The summed E-state index contributed by atoms with van der Waals surface area (Å²) >= 11 is 0. The number of hydrogen-bond acceptors (Lipinski definition) is 6. The van der Waals surface area contributed by atoms with Gasteiger partial charge in [-0.2, -0.15) is 26.3 Å². The summed E-state index contributed by atoms with van der Waals surface area (Å²) in [6.07, 6.45) is -8.78. The van der Waals surface area contributed by atoms with Crippen molar-refractivity contribution in [1.82, 2.24) is 9.88 Å². The largest absolute Gasteiger partial charge is 0.416 e. The van der Waals surface area contributed by atoms with E-state index in [2.05, 4.69) is 9.88 Å². The van der Waals surface area contributed by atoms with Gasteiger partial charge in [0.25, 0.3) is 0 Å². The Bertz CT molecular complexity index is 1610. The van der Waals surface area contributed by atoms with E-state index >= 15 is 0 Å². The van der Waals surface area contributed by atoms with Gasteiger partial charge >= 0.3 is 12.4 Å². The minimum absolute atomic E-state index is 0.0186. The van der Waals surface area contributed by atoms with Crippen LogP contribution in [-0.4, -0.2) is 79.5 Å². The number of morpholine rings is 1. The van der Waals surface area contributed by atoms with Crippen LogP contribution in [0.2, 0.25) is 0 Å². The number of aryl methyl sites for hydroxylation is 1. The molecule has 0 aliphatic carbocycles. The Hall–Kier alpha value is -3.75. The molecule has 14 heteroatoms. The minimum atomic E-state index is -5.09. The Morgan fingerprint density at radius 3 is 2.21 bits per heavy atom. The quantitative estimate of drug-likeness (QED) is 0.323. The number of halogens is 7. The van der Waals surface area contributed by atoms with E-state index in [1.807, 2.05) is 4.90 Å². The number of fused-ring (bicyclic) bond motifs is 1. The number of amides is 1. The second-order valence-corrected chi connectivity index (χ2v) is 12.5. The fourth-order valence-corrected chi connectivity index (χ4v) is 6.25. The summed E-state index contributed by atoms with van der Waals surface area (Å²) in [6.45, 7) is 6.86. The first-order chi connectivity index (χ1) is 21.9. The van der Waals surface area contributed by atoms with Crippen molar-refractivity contribution in [2.24, 2.45) is 0 Å². The van der Waals surface area contributed by atoms with E-state index in [0.717, 1.165) is 11.4 Å². The number of aliphatic hydroxyl groups is 1. The van der Waals surface area contributed by atoms with E-state index in [0.29, 0.717) is 60.9 Å². The Labute approximate surface area is 267 Å². The number of nitrogens with zero attached hydrogens (tertiary/aromatic N) is 4. The molecule has 5 rings (SSSR count). The van der Waals surface area contributed by atoms with Crippen molar-refractivity contribution < 1.29 is 45.4 Å². The molecule has 7 nitrogen and oxygen atoms in total. The first-order valence-corrected chi connectivity index (χ1v) is 15.0. The van der Waals surface area contributed by atoms with Gasteiger partial charge in [0.05, 0.1) is 60.3 Å². The Morgan fingerprint density at radius 2 is 1.62 bits per heavy atom. The third kappa shape index (κ3) is 6.95. The summed E-state index contributed by atoms with van der Waals surface area (Å²) in [5.74, 6) is -0.835. The number of aliphatic hydroxyl groups excluding tert-OH is 1. The van der Waals surface area contributed by atoms with Crippen LogP contribution in [0.4, 0.5) is 42.2 Å². The summed E-state index contributed by atoms with van der Waals surface area (Å²) in [6, 6.07) is 6.62. The number of alkyl halides is 6. The van der Waals surface area contributed by atoms with Crippen LogP contribution in [0, 0.1) is 12.7 Å². The lowest BCUT2D eigenvalue weighted by molar-refractivity contribution is -0.143. The molecule has 0 radical (unpaired) electrons. The third-order valence-electron chi connectivity index (χ3n) is 9.01. The molecule has 47 heavy (non-hydrogen) atoms. The standard InChI is InChI=1S/C33H35F7N4O3/c1-19-9-23(34)5-6-26(19)27-13-29(44-16-25-18-47-8-7-43(25)15-24(44)17-45)41-14-28(27)42(4)30(46)31(2,3)20-10-21(32(35,36)37)12-22(11-20)33(38,39)40/h5-6,9-14,24-25,45H,7-8,15-18H2,1-4H3/t24-,25-/m1/s1. The van der Waals surface area contributed by atoms with Crippen molar-refractivity contribution >= 4 is 17.4 Å². The number of anilines is 2. The molecule has 2 aliphatic heterocycles. The first kappa shape index (κ1) is 34.6. The summed E-state index contributed by atoms with van der Waals surface area (Å²) < 4.78 is 102. The van der Waals surface area contributed by atoms with E-state index in [-0.39, 0.29) is 30.4 Å². The molecule has 1 N–H and O–H groups in total. The number of piperazine rings is 1. The van der Waals surface area contributed by atoms with Gasteiger partial charge in [0.2, 0.25) is 5.91 Å². The van der Waals surface area contributed by atoms with Gasteiger partial charge in [0, 0.05) is 32.2 Å². The fraction of sp³-hybridized carbons (Fsp3) is 0.455. The Morgan fingerprint density at radius 1 is 0.979 bits per heavy atom. The molecule has 2 aromatic carbocycles. The number of ether oxygens (including phenoxy) is 1. The van der Waals surface area contributed by atoms with Crippen molar-refractivity contribution in [3.05, 3.63) is 76.7 Å². The molecular formula is C33H35F7N4O3. The molecule has 0 unspecified atom stereocenters. The number of hydrogen-bond donors (Lipinski definition) is 1. The zero-order valence-electron chi connectivity index (χ0n) is 26.2. The first-order valence-electron chi connectivity index (χ1n) is 15.0. The Kier molecular flexibility index (Phi) is 9.34. The average molecular weight is 669 g/mol. The van der Waals surface area contributed by atoms with Crippen LogP contribution in [0.15, 0.2) is 48.7 Å². The molecule has 2 fully saturated rings.